The van der Waals surface area contributed by atoms with Crippen LogP contribution in [0.5, 0.6) is 0 Å². The van der Waals surface area contributed by atoms with Crippen LogP contribution in [0.2, 0.25) is 0 Å². The van der Waals surface area contributed by atoms with Gasteiger partial charge in [0.2, 0.25) is 0 Å². The summed E-state index contributed by atoms with van der Waals surface area (Å²) >= 11 is 0. The summed E-state index contributed by atoms with van der Waals surface area (Å²) in [6.07, 6.45) is 1.63. The Hall–Kier alpha value is -1.85. The molecule has 2 aliphatic heterocycles. The van der Waals surface area contributed by atoms with Crippen molar-refractivity contribution in [3.8, 4) is 0 Å². The smallest absolute Gasteiger partial charge is 0.272 e. The molecule has 0 unspecified atom stereocenters. The number of carbonyl (C=O) groups is 1. The lowest BCUT2D eigenvalue weighted by atomic mass is 9.89. The van der Waals surface area contributed by atoms with E-state index in [4.69, 9.17) is 0 Å². The van der Waals surface area contributed by atoms with Gasteiger partial charge in [0.05, 0.1) is 6.04 Å². The largest absolute Gasteiger partial charge is 0.330 e. The van der Waals surface area contributed by atoms with Crippen LogP contribution in [-0.2, 0) is 0 Å². The first-order valence-corrected chi connectivity index (χ1v) is 7.40. The molecular formula is C16H19ClN4O. The molecule has 2 N–H and O–H groups in total. The van der Waals surface area contributed by atoms with Gasteiger partial charge in [-0.15, -0.1) is 12.4 Å². The lowest BCUT2D eigenvalue weighted by Crippen LogP contribution is -2.34. The molecule has 2 fully saturated rings. The van der Waals surface area contributed by atoms with Gasteiger partial charge in [-0.1, -0.05) is 30.3 Å². The average molecular weight is 319 g/mol. The third kappa shape index (κ3) is 2.40. The fraction of sp³-hybridized carbons (Fsp3) is 0.375. The van der Waals surface area contributed by atoms with E-state index in [-0.39, 0.29) is 24.4 Å². The topological polar surface area (TPSA) is 61.0 Å². The van der Waals surface area contributed by atoms with E-state index < -0.39 is 0 Å². The Morgan fingerprint density at radius 2 is 2.00 bits per heavy atom. The van der Waals surface area contributed by atoms with Crippen molar-refractivity contribution in [1.29, 1.82) is 0 Å². The van der Waals surface area contributed by atoms with Gasteiger partial charge in [-0.05, 0) is 17.5 Å². The van der Waals surface area contributed by atoms with Crippen molar-refractivity contribution in [3.63, 3.8) is 0 Å². The van der Waals surface area contributed by atoms with E-state index in [9.17, 15) is 4.79 Å². The summed E-state index contributed by atoms with van der Waals surface area (Å²) in [5, 5.41) is 10.2. The fourth-order valence-electron chi connectivity index (χ4n) is 3.74. The SMILES string of the molecule is Cl.O=C(c1ccn[nH]1)N1C[C@@H]2CNC[C@@H]2[C@H]1c1ccccc1. The highest BCUT2D eigenvalue weighted by molar-refractivity contribution is 5.92. The molecule has 3 atom stereocenters. The monoisotopic (exact) mass is 318 g/mol. The van der Waals surface area contributed by atoms with Crippen LogP contribution >= 0.6 is 12.4 Å². The van der Waals surface area contributed by atoms with Gasteiger partial charge in [0.25, 0.3) is 5.91 Å². The van der Waals surface area contributed by atoms with Crippen molar-refractivity contribution in [3.05, 3.63) is 53.9 Å². The maximum absolute atomic E-state index is 12.8. The zero-order valence-corrected chi connectivity index (χ0v) is 12.9. The van der Waals surface area contributed by atoms with Crippen LogP contribution in [0.4, 0.5) is 0 Å². The average Bonchev–Trinajstić information content (AvgIpc) is 3.23. The number of H-pyrrole nitrogens is 1. The van der Waals surface area contributed by atoms with Gasteiger partial charge in [-0.2, -0.15) is 5.10 Å². The number of halogens is 1. The number of fused-ring (bicyclic) bond motifs is 1. The van der Waals surface area contributed by atoms with Crippen molar-refractivity contribution < 1.29 is 4.79 Å². The molecule has 1 aromatic heterocycles. The standard InChI is InChI=1S/C16H18N4O.ClH/c21-16(14-6-7-18-19-14)20-10-12-8-17-9-13(12)15(20)11-4-2-1-3-5-11;/h1-7,12-13,15,17H,8-10H2,(H,18,19);1H/t12-,13-,15+;/m0./s1. The van der Waals surface area contributed by atoms with Gasteiger partial charge < -0.3 is 10.2 Å². The lowest BCUT2D eigenvalue weighted by Gasteiger charge is -2.28. The quantitative estimate of drug-likeness (QED) is 0.888. The van der Waals surface area contributed by atoms with Crippen LogP contribution < -0.4 is 5.32 Å². The van der Waals surface area contributed by atoms with Crippen LogP contribution in [0.1, 0.15) is 22.1 Å². The number of hydrogen-bond acceptors (Lipinski definition) is 3. The molecule has 1 aromatic carbocycles. The van der Waals surface area contributed by atoms with Gasteiger partial charge in [0.15, 0.2) is 0 Å². The van der Waals surface area contributed by atoms with E-state index in [1.54, 1.807) is 12.3 Å². The lowest BCUT2D eigenvalue weighted by molar-refractivity contribution is 0.0708. The van der Waals surface area contributed by atoms with Gasteiger partial charge >= 0.3 is 0 Å². The molecular weight excluding hydrogens is 300 g/mol. The number of carbonyl (C=O) groups excluding carboxylic acids is 1. The van der Waals surface area contributed by atoms with E-state index in [0.717, 1.165) is 19.6 Å². The number of nitrogens with zero attached hydrogens (tertiary/aromatic N) is 2. The van der Waals surface area contributed by atoms with Crippen molar-refractivity contribution in [2.24, 2.45) is 11.8 Å². The summed E-state index contributed by atoms with van der Waals surface area (Å²) in [7, 11) is 0. The minimum Gasteiger partial charge on any atom is -0.330 e. The molecule has 0 radical (unpaired) electrons. The van der Waals surface area contributed by atoms with Crippen LogP contribution in [0.25, 0.3) is 0 Å². The number of aromatic amines is 1. The molecule has 22 heavy (non-hydrogen) atoms. The highest BCUT2D eigenvalue weighted by atomic mass is 35.5. The summed E-state index contributed by atoms with van der Waals surface area (Å²) < 4.78 is 0. The molecule has 0 saturated carbocycles. The summed E-state index contributed by atoms with van der Waals surface area (Å²) in [5.74, 6) is 1.09. The third-order valence-electron chi connectivity index (χ3n) is 4.70. The Kier molecular flexibility index (Phi) is 4.18. The molecule has 0 spiro atoms. The zero-order valence-electron chi connectivity index (χ0n) is 12.1. The van der Waals surface area contributed by atoms with Crippen molar-refractivity contribution in [2.45, 2.75) is 6.04 Å². The number of nitrogens with one attached hydrogen (secondary N) is 2. The van der Waals surface area contributed by atoms with Crippen LogP contribution in [0.15, 0.2) is 42.6 Å². The first-order valence-electron chi connectivity index (χ1n) is 7.40. The van der Waals surface area contributed by atoms with Gasteiger partial charge in [-0.3, -0.25) is 9.89 Å². The van der Waals surface area contributed by atoms with Crippen molar-refractivity contribution in [2.75, 3.05) is 19.6 Å². The molecule has 0 aliphatic carbocycles. The molecule has 1 amide bonds. The highest BCUT2D eigenvalue weighted by Gasteiger charge is 2.46. The minimum atomic E-state index is 0. The Morgan fingerprint density at radius 3 is 2.73 bits per heavy atom. The van der Waals surface area contributed by atoms with Crippen LogP contribution in [0, 0.1) is 11.8 Å². The Balaban J connectivity index is 0.00000144. The maximum Gasteiger partial charge on any atom is 0.272 e. The Morgan fingerprint density at radius 1 is 1.18 bits per heavy atom. The maximum atomic E-state index is 12.8. The number of rotatable bonds is 2. The summed E-state index contributed by atoms with van der Waals surface area (Å²) in [5.41, 5.74) is 1.80. The molecule has 5 nitrogen and oxygen atoms in total. The third-order valence-corrected chi connectivity index (χ3v) is 4.70. The van der Waals surface area contributed by atoms with E-state index >= 15 is 0 Å². The number of aromatic nitrogens is 2. The molecule has 4 rings (SSSR count). The Bertz CT molecular complexity index is 631. The molecule has 2 aromatic rings. The first-order chi connectivity index (χ1) is 10.3. The van der Waals surface area contributed by atoms with E-state index in [1.165, 1.54) is 5.56 Å². The fourth-order valence-corrected chi connectivity index (χ4v) is 3.74. The molecule has 2 aliphatic rings. The van der Waals surface area contributed by atoms with Crippen LogP contribution in [0.3, 0.4) is 0 Å². The van der Waals surface area contributed by atoms with Crippen LogP contribution in [-0.4, -0.2) is 40.6 Å². The number of benzene rings is 1. The molecule has 2 saturated heterocycles. The van der Waals surface area contributed by atoms with Gasteiger partial charge in [0.1, 0.15) is 5.69 Å². The second kappa shape index (κ2) is 6.10. The summed E-state index contributed by atoms with van der Waals surface area (Å²) in [4.78, 5) is 14.8. The molecule has 3 heterocycles. The highest BCUT2D eigenvalue weighted by Crippen LogP contribution is 2.42. The van der Waals surface area contributed by atoms with Gasteiger partial charge in [-0.25, -0.2) is 0 Å². The minimum absolute atomic E-state index is 0. The van der Waals surface area contributed by atoms with E-state index in [1.807, 2.05) is 23.1 Å². The number of hydrogen-bond donors (Lipinski definition) is 2. The number of amides is 1. The normalized spacial score (nSPS) is 26.5. The zero-order chi connectivity index (χ0) is 14.2. The predicted molar refractivity (Wildman–Crippen MR) is 85.9 cm³/mol. The molecule has 116 valence electrons. The molecule has 6 heteroatoms. The second-order valence-corrected chi connectivity index (χ2v) is 5.87. The van der Waals surface area contributed by atoms with Gasteiger partial charge in [0, 0.05) is 31.7 Å². The van der Waals surface area contributed by atoms with E-state index in [2.05, 4.69) is 27.6 Å². The second-order valence-electron chi connectivity index (χ2n) is 5.87. The van der Waals surface area contributed by atoms with Crippen molar-refractivity contribution >= 4 is 18.3 Å². The molecule has 0 bridgehead atoms. The van der Waals surface area contributed by atoms with Crippen molar-refractivity contribution in [1.82, 2.24) is 20.4 Å². The van der Waals surface area contributed by atoms with E-state index in [0.29, 0.717) is 17.5 Å². The first kappa shape index (κ1) is 15.1. The Labute approximate surface area is 135 Å². The number of likely N-dealkylation sites (tertiary alicyclic amines) is 1. The summed E-state index contributed by atoms with van der Waals surface area (Å²) in [6.45, 7) is 2.80. The predicted octanol–water partition coefficient (Wildman–Crippen LogP) is 1.86. The summed E-state index contributed by atoms with van der Waals surface area (Å²) in [6, 6.07) is 12.3.